The summed E-state index contributed by atoms with van der Waals surface area (Å²) in [5.41, 5.74) is 4.02. The van der Waals surface area contributed by atoms with E-state index in [4.69, 9.17) is 21.4 Å². The van der Waals surface area contributed by atoms with Gasteiger partial charge in [0.25, 0.3) is 0 Å². The number of carbonyl (C=O) groups excluding carboxylic acids is 1. The number of ether oxygens (including phenoxy) is 1. The number of nitrogens with zero attached hydrogens (tertiary/aromatic N) is 2. The zero-order chi connectivity index (χ0) is 24.3. The van der Waals surface area contributed by atoms with Crippen molar-refractivity contribution in [1.29, 1.82) is 0 Å². The molecule has 174 valence electrons. The van der Waals surface area contributed by atoms with Gasteiger partial charge in [-0.3, -0.25) is 4.68 Å². The Morgan fingerprint density at radius 3 is 2.15 bits per heavy atom. The van der Waals surface area contributed by atoms with Gasteiger partial charge in [0.1, 0.15) is 5.69 Å². The van der Waals surface area contributed by atoms with Crippen LogP contribution in [0.1, 0.15) is 16.1 Å². The van der Waals surface area contributed by atoms with Crippen molar-refractivity contribution in [3.8, 4) is 22.4 Å². The Balaban J connectivity index is 1.88. The van der Waals surface area contributed by atoms with Gasteiger partial charge in [-0.05, 0) is 41.8 Å². The smallest absolute Gasteiger partial charge is 0.356 e. The summed E-state index contributed by atoms with van der Waals surface area (Å²) in [6, 6.07) is 23.5. The molecule has 1 heterocycles. The van der Waals surface area contributed by atoms with Crippen LogP contribution in [0.4, 0.5) is 0 Å². The van der Waals surface area contributed by atoms with Crippen LogP contribution in [0.25, 0.3) is 22.4 Å². The molecule has 0 aliphatic carbocycles. The fraction of sp³-hybridized carbons (Fsp3) is 0.154. The van der Waals surface area contributed by atoms with Crippen LogP contribution in [-0.2, 0) is 27.5 Å². The third kappa shape index (κ3) is 5.05. The van der Waals surface area contributed by atoms with Crippen molar-refractivity contribution in [2.75, 3.05) is 13.4 Å². The number of rotatable bonds is 7. The molecule has 0 N–H and O–H groups in total. The van der Waals surface area contributed by atoms with Crippen molar-refractivity contribution >= 4 is 27.4 Å². The van der Waals surface area contributed by atoms with E-state index in [9.17, 15) is 13.2 Å². The molecular formula is C26H23ClN2O4S. The summed E-state index contributed by atoms with van der Waals surface area (Å²) in [6.45, 7) is 0.455. The summed E-state index contributed by atoms with van der Waals surface area (Å²) >= 11 is 6.10. The summed E-state index contributed by atoms with van der Waals surface area (Å²) in [4.78, 5) is 13.2. The number of carbonyl (C=O) groups is 1. The first-order chi connectivity index (χ1) is 16.3. The van der Waals surface area contributed by atoms with E-state index in [1.54, 1.807) is 28.9 Å². The minimum absolute atomic E-state index is 0.209. The van der Waals surface area contributed by atoms with E-state index in [-0.39, 0.29) is 4.90 Å². The molecule has 4 aromatic rings. The highest BCUT2D eigenvalue weighted by Gasteiger charge is 2.26. The molecule has 0 amide bonds. The Morgan fingerprint density at radius 2 is 1.56 bits per heavy atom. The molecule has 4 rings (SSSR count). The van der Waals surface area contributed by atoms with E-state index in [0.29, 0.717) is 40.5 Å². The van der Waals surface area contributed by atoms with Crippen LogP contribution in [0.2, 0.25) is 5.02 Å². The molecule has 0 saturated heterocycles. The number of methoxy groups -OCH3 is 1. The highest BCUT2D eigenvalue weighted by atomic mass is 35.5. The largest absolute Gasteiger partial charge is 0.464 e. The Labute approximate surface area is 203 Å². The molecule has 0 aliphatic rings. The number of halogens is 1. The molecule has 0 unspecified atom stereocenters. The highest BCUT2D eigenvalue weighted by molar-refractivity contribution is 7.90. The maximum atomic E-state index is 12.9. The summed E-state index contributed by atoms with van der Waals surface area (Å²) in [7, 11) is -2.01. The lowest BCUT2D eigenvalue weighted by Crippen LogP contribution is -2.14. The number of hydrogen-bond acceptors (Lipinski definition) is 5. The predicted octanol–water partition coefficient (Wildman–Crippen LogP) is 5.30. The molecule has 1 aromatic heterocycles. The van der Waals surface area contributed by atoms with Gasteiger partial charge in [0.05, 0.1) is 12.0 Å². The Morgan fingerprint density at radius 1 is 0.941 bits per heavy atom. The predicted molar refractivity (Wildman–Crippen MR) is 133 cm³/mol. The van der Waals surface area contributed by atoms with E-state index in [0.717, 1.165) is 17.4 Å². The SMILES string of the molecule is COC(=O)c1c(-c2ccc(Cl)cc2)c(-c2ccc(S(C)(=O)=O)cc2)nn1CCc1ccccc1. The maximum Gasteiger partial charge on any atom is 0.356 e. The van der Waals surface area contributed by atoms with Crippen LogP contribution < -0.4 is 0 Å². The number of aromatic nitrogens is 2. The lowest BCUT2D eigenvalue weighted by Gasteiger charge is -2.09. The quantitative estimate of drug-likeness (QED) is 0.326. The number of aryl methyl sites for hydroxylation is 2. The van der Waals surface area contributed by atoms with E-state index in [1.807, 2.05) is 42.5 Å². The third-order valence-electron chi connectivity index (χ3n) is 5.48. The standard InChI is InChI=1S/C26H23ClN2O4S/c1-33-26(30)25-23(19-8-12-21(27)13-9-19)24(20-10-14-22(15-11-20)34(2,31)32)28-29(25)17-16-18-6-4-3-5-7-18/h3-15H,16-17H2,1-2H3. The van der Waals surface area contributed by atoms with Gasteiger partial charge in [-0.25, -0.2) is 13.2 Å². The van der Waals surface area contributed by atoms with E-state index >= 15 is 0 Å². The fourth-order valence-electron chi connectivity index (χ4n) is 3.76. The number of hydrogen-bond donors (Lipinski definition) is 0. The molecule has 0 aliphatic heterocycles. The van der Waals surface area contributed by atoms with Gasteiger partial charge < -0.3 is 4.74 Å². The average Bonchev–Trinajstić information content (AvgIpc) is 3.22. The molecule has 8 heteroatoms. The van der Waals surface area contributed by atoms with Crippen molar-refractivity contribution in [2.45, 2.75) is 17.9 Å². The zero-order valence-electron chi connectivity index (χ0n) is 18.7. The first-order valence-electron chi connectivity index (χ1n) is 10.6. The Kier molecular flexibility index (Phi) is 6.86. The van der Waals surface area contributed by atoms with Crippen LogP contribution in [-0.4, -0.2) is 37.5 Å². The second-order valence-electron chi connectivity index (χ2n) is 7.83. The number of sulfone groups is 1. The van der Waals surface area contributed by atoms with Crippen molar-refractivity contribution in [1.82, 2.24) is 9.78 Å². The molecule has 0 spiro atoms. The zero-order valence-corrected chi connectivity index (χ0v) is 20.3. The van der Waals surface area contributed by atoms with E-state index in [2.05, 4.69) is 0 Å². The Bertz CT molecular complexity index is 1410. The van der Waals surface area contributed by atoms with Crippen molar-refractivity contribution in [3.63, 3.8) is 0 Å². The van der Waals surface area contributed by atoms with Crippen LogP contribution >= 0.6 is 11.6 Å². The average molecular weight is 495 g/mol. The van der Waals surface area contributed by atoms with Gasteiger partial charge in [0, 0.05) is 29.0 Å². The van der Waals surface area contributed by atoms with E-state index < -0.39 is 15.8 Å². The van der Waals surface area contributed by atoms with Crippen molar-refractivity contribution in [3.05, 3.63) is 95.1 Å². The minimum Gasteiger partial charge on any atom is -0.464 e. The minimum atomic E-state index is -3.34. The molecule has 0 saturated carbocycles. The Hall–Kier alpha value is -3.42. The summed E-state index contributed by atoms with van der Waals surface area (Å²) in [5, 5.41) is 5.36. The molecule has 0 radical (unpaired) electrons. The number of benzene rings is 3. The fourth-order valence-corrected chi connectivity index (χ4v) is 4.52. The second-order valence-corrected chi connectivity index (χ2v) is 10.3. The van der Waals surface area contributed by atoms with Crippen LogP contribution in [0.15, 0.2) is 83.8 Å². The molecule has 0 bridgehead atoms. The van der Waals surface area contributed by atoms with Crippen LogP contribution in [0, 0.1) is 0 Å². The molecule has 34 heavy (non-hydrogen) atoms. The van der Waals surface area contributed by atoms with Crippen LogP contribution in [0.3, 0.4) is 0 Å². The summed E-state index contributed by atoms with van der Waals surface area (Å²) < 4.78 is 30.6. The topological polar surface area (TPSA) is 78.3 Å². The molecule has 0 fully saturated rings. The highest BCUT2D eigenvalue weighted by Crippen LogP contribution is 2.36. The maximum absolute atomic E-state index is 12.9. The summed E-state index contributed by atoms with van der Waals surface area (Å²) in [5.74, 6) is -0.510. The van der Waals surface area contributed by atoms with Gasteiger partial charge in [0.2, 0.25) is 0 Å². The molecule has 0 atom stereocenters. The number of esters is 1. The second kappa shape index (κ2) is 9.83. The lowest BCUT2D eigenvalue weighted by atomic mass is 9.98. The van der Waals surface area contributed by atoms with Crippen LogP contribution in [0.5, 0.6) is 0 Å². The monoisotopic (exact) mass is 494 g/mol. The summed E-state index contributed by atoms with van der Waals surface area (Å²) in [6.07, 6.45) is 1.83. The van der Waals surface area contributed by atoms with Gasteiger partial charge in [-0.1, -0.05) is 66.2 Å². The van der Waals surface area contributed by atoms with Gasteiger partial charge in [-0.15, -0.1) is 0 Å². The third-order valence-corrected chi connectivity index (χ3v) is 6.86. The molecule has 6 nitrogen and oxygen atoms in total. The van der Waals surface area contributed by atoms with Crippen molar-refractivity contribution in [2.24, 2.45) is 0 Å². The van der Waals surface area contributed by atoms with Gasteiger partial charge >= 0.3 is 5.97 Å². The van der Waals surface area contributed by atoms with Gasteiger partial charge in [0.15, 0.2) is 15.5 Å². The first kappa shape index (κ1) is 23.7. The molecule has 3 aromatic carbocycles. The van der Waals surface area contributed by atoms with Crippen molar-refractivity contribution < 1.29 is 17.9 Å². The van der Waals surface area contributed by atoms with E-state index in [1.165, 1.54) is 19.2 Å². The normalized spacial score (nSPS) is 11.4. The lowest BCUT2D eigenvalue weighted by molar-refractivity contribution is 0.0587. The first-order valence-corrected chi connectivity index (χ1v) is 12.8. The van der Waals surface area contributed by atoms with Gasteiger partial charge in [-0.2, -0.15) is 5.10 Å². The molecular weight excluding hydrogens is 472 g/mol.